The number of carbonyl (C=O) groups excluding carboxylic acids is 2. The van der Waals surface area contributed by atoms with E-state index < -0.39 is 0 Å². The van der Waals surface area contributed by atoms with E-state index in [0.717, 1.165) is 12.8 Å². The Labute approximate surface area is 130 Å². The number of fused-ring (bicyclic) bond motifs is 1. The lowest BCUT2D eigenvalue weighted by Crippen LogP contribution is -2.27. The summed E-state index contributed by atoms with van der Waals surface area (Å²) in [5, 5.41) is 3.05. The molecule has 0 spiro atoms. The summed E-state index contributed by atoms with van der Waals surface area (Å²) in [7, 11) is 0. The lowest BCUT2D eigenvalue weighted by molar-refractivity contribution is -0.121. The molecular weight excluding hydrogens is 274 g/mol. The van der Waals surface area contributed by atoms with Crippen LogP contribution < -0.4 is 5.32 Å². The summed E-state index contributed by atoms with van der Waals surface area (Å²) in [4.78, 5) is 24.1. The van der Waals surface area contributed by atoms with Gasteiger partial charge < -0.3 is 5.32 Å². The van der Waals surface area contributed by atoms with E-state index >= 15 is 0 Å². The molecule has 1 unspecified atom stereocenters. The van der Waals surface area contributed by atoms with Crippen LogP contribution in [0.1, 0.15) is 46.8 Å². The van der Waals surface area contributed by atoms with Gasteiger partial charge in [-0.05, 0) is 24.0 Å². The van der Waals surface area contributed by atoms with Gasteiger partial charge in [-0.1, -0.05) is 54.6 Å². The molecule has 0 saturated carbocycles. The second-order valence-corrected chi connectivity index (χ2v) is 5.65. The summed E-state index contributed by atoms with van der Waals surface area (Å²) in [6, 6.07) is 17.4. The molecule has 1 atom stereocenters. The molecule has 0 saturated heterocycles. The van der Waals surface area contributed by atoms with Crippen molar-refractivity contribution in [2.24, 2.45) is 0 Å². The van der Waals surface area contributed by atoms with Crippen LogP contribution in [0, 0.1) is 0 Å². The van der Waals surface area contributed by atoms with Crippen molar-refractivity contribution in [3.8, 4) is 0 Å². The van der Waals surface area contributed by atoms with Crippen LogP contribution in [0.5, 0.6) is 0 Å². The average Bonchev–Trinajstić information content (AvgIpc) is 2.97. The quantitative estimate of drug-likeness (QED) is 0.858. The average molecular weight is 293 g/mol. The van der Waals surface area contributed by atoms with E-state index in [9.17, 15) is 9.59 Å². The molecule has 0 bridgehead atoms. The van der Waals surface area contributed by atoms with Crippen molar-refractivity contribution in [2.75, 3.05) is 0 Å². The maximum absolute atomic E-state index is 12.1. The lowest BCUT2D eigenvalue weighted by atomic mass is 10.1. The predicted molar refractivity (Wildman–Crippen MR) is 85.7 cm³/mol. The normalized spacial score (nSPS) is 16.1. The van der Waals surface area contributed by atoms with Crippen molar-refractivity contribution in [3.63, 3.8) is 0 Å². The fraction of sp³-hybridized carbons (Fsp3) is 0.263. The number of ketones is 1. The molecule has 2 aromatic rings. The van der Waals surface area contributed by atoms with Crippen LogP contribution in [-0.2, 0) is 11.2 Å². The van der Waals surface area contributed by atoms with Crippen molar-refractivity contribution in [3.05, 3.63) is 71.3 Å². The van der Waals surface area contributed by atoms with E-state index in [4.69, 9.17) is 0 Å². The smallest absolute Gasteiger partial charge is 0.220 e. The van der Waals surface area contributed by atoms with Crippen LogP contribution in [0.3, 0.4) is 0 Å². The number of benzene rings is 2. The van der Waals surface area contributed by atoms with Crippen molar-refractivity contribution in [1.82, 2.24) is 5.32 Å². The minimum atomic E-state index is -0.0500. The number of hydrogen-bond donors (Lipinski definition) is 1. The molecule has 1 aliphatic carbocycles. The van der Waals surface area contributed by atoms with Gasteiger partial charge in [0.15, 0.2) is 5.78 Å². The van der Waals surface area contributed by atoms with Crippen LogP contribution in [0.4, 0.5) is 0 Å². The van der Waals surface area contributed by atoms with E-state index in [1.54, 1.807) is 12.1 Å². The molecule has 0 radical (unpaired) electrons. The Hall–Kier alpha value is -2.42. The van der Waals surface area contributed by atoms with Gasteiger partial charge in [0.05, 0.1) is 6.04 Å². The van der Waals surface area contributed by atoms with Crippen molar-refractivity contribution < 1.29 is 9.59 Å². The fourth-order valence-corrected chi connectivity index (χ4v) is 2.97. The molecule has 0 heterocycles. The second-order valence-electron chi connectivity index (χ2n) is 5.65. The number of Topliss-reactive ketones (excluding diaryl/α,β-unsaturated/α-hetero) is 1. The first-order valence-corrected chi connectivity index (χ1v) is 7.69. The Morgan fingerprint density at radius 3 is 2.50 bits per heavy atom. The number of amides is 1. The molecular formula is C19H19NO2. The monoisotopic (exact) mass is 293 g/mol. The zero-order chi connectivity index (χ0) is 15.4. The SMILES string of the molecule is O=C(CCC(=O)c1ccccc1)NC1CCc2ccccc21. The zero-order valence-corrected chi connectivity index (χ0v) is 12.4. The largest absolute Gasteiger partial charge is 0.349 e. The van der Waals surface area contributed by atoms with Gasteiger partial charge in [-0.15, -0.1) is 0 Å². The summed E-state index contributed by atoms with van der Waals surface area (Å²) < 4.78 is 0. The van der Waals surface area contributed by atoms with Crippen LogP contribution in [-0.4, -0.2) is 11.7 Å². The minimum absolute atomic E-state index is 0.0163. The molecule has 2 aromatic carbocycles. The molecule has 0 fully saturated rings. The molecule has 3 rings (SSSR count). The Morgan fingerprint density at radius 1 is 0.955 bits per heavy atom. The highest BCUT2D eigenvalue weighted by molar-refractivity contribution is 5.97. The molecule has 1 N–H and O–H groups in total. The summed E-state index contributed by atoms with van der Waals surface area (Å²) in [6.45, 7) is 0. The Morgan fingerprint density at radius 2 is 1.68 bits per heavy atom. The molecule has 112 valence electrons. The number of nitrogens with one attached hydrogen (secondary N) is 1. The number of carbonyl (C=O) groups is 2. The topological polar surface area (TPSA) is 46.2 Å². The van der Waals surface area contributed by atoms with E-state index in [1.165, 1.54) is 11.1 Å². The Bertz CT molecular complexity index is 679. The van der Waals surface area contributed by atoms with Gasteiger partial charge >= 0.3 is 0 Å². The van der Waals surface area contributed by atoms with Gasteiger partial charge in [0, 0.05) is 18.4 Å². The minimum Gasteiger partial charge on any atom is -0.349 e. The third-order valence-electron chi connectivity index (χ3n) is 4.14. The number of hydrogen-bond acceptors (Lipinski definition) is 2. The Balaban J connectivity index is 1.53. The van der Waals surface area contributed by atoms with Crippen LogP contribution >= 0.6 is 0 Å². The Kier molecular flexibility index (Phi) is 4.33. The lowest BCUT2D eigenvalue weighted by Gasteiger charge is -2.14. The third-order valence-corrected chi connectivity index (χ3v) is 4.14. The first-order valence-electron chi connectivity index (χ1n) is 7.69. The number of rotatable bonds is 5. The molecule has 1 amide bonds. The van der Waals surface area contributed by atoms with Gasteiger partial charge in [-0.2, -0.15) is 0 Å². The van der Waals surface area contributed by atoms with E-state index in [0.29, 0.717) is 5.56 Å². The van der Waals surface area contributed by atoms with Crippen molar-refractivity contribution >= 4 is 11.7 Å². The molecule has 3 nitrogen and oxygen atoms in total. The highest BCUT2D eigenvalue weighted by Gasteiger charge is 2.23. The van der Waals surface area contributed by atoms with Gasteiger partial charge in [0.25, 0.3) is 0 Å². The van der Waals surface area contributed by atoms with E-state index in [1.807, 2.05) is 30.3 Å². The molecule has 1 aliphatic rings. The standard InChI is InChI=1S/C19H19NO2/c21-18(15-7-2-1-3-8-15)12-13-19(22)20-17-11-10-14-6-4-5-9-16(14)17/h1-9,17H,10-13H2,(H,20,22). The van der Waals surface area contributed by atoms with E-state index in [2.05, 4.69) is 17.4 Å². The summed E-state index contributed by atoms with van der Waals surface area (Å²) in [5.41, 5.74) is 3.19. The molecule has 3 heteroatoms. The summed E-state index contributed by atoms with van der Waals surface area (Å²) >= 11 is 0. The predicted octanol–water partition coefficient (Wildman–Crippen LogP) is 3.45. The second kappa shape index (κ2) is 6.56. The van der Waals surface area contributed by atoms with Crippen LogP contribution in [0.25, 0.3) is 0 Å². The first-order chi connectivity index (χ1) is 10.7. The zero-order valence-electron chi connectivity index (χ0n) is 12.4. The third kappa shape index (κ3) is 3.25. The number of aryl methyl sites for hydroxylation is 1. The van der Waals surface area contributed by atoms with Gasteiger partial charge in [0.1, 0.15) is 0 Å². The highest BCUT2D eigenvalue weighted by Crippen LogP contribution is 2.30. The highest BCUT2D eigenvalue weighted by atomic mass is 16.2. The van der Waals surface area contributed by atoms with Gasteiger partial charge in [-0.25, -0.2) is 0 Å². The summed E-state index contributed by atoms with van der Waals surface area (Å²) in [6.07, 6.45) is 2.44. The van der Waals surface area contributed by atoms with Gasteiger partial charge in [0.2, 0.25) is 5.91 Å². The summed E-state index contributed by atoms with van der Waals surface area (Å²) in [5.74, 6) is -0.0337. The maximum atomic E-state index is 12.1. The molecule has 0 aromatic heterocycles. The fourth-order valence-electron chi connectivity index (χ4n) is 2.97. The maximum Gasteiger partial charge on any atom is 0.220 e. The van der Waals surface area contributed by atoms with Crippen LogP contribution in [0.15, 0.2) is 54.6 Å². The van der Waals surface area contributed by atoms with Crippen LogP contribution in [0.2, 0.25) is 0 Å². The molecule has 0 aliphatic heterocycles. The molecule has 22 heavy (non-hydrogen) atoms. The first kappa shape index (κ1) is 14.5. The van der Waals surface area contributed by atoms with E-state index in [-0.39, 0.29) is 30.6 Å². The van der Waals surface area contributed by atoms with Gasteiger partial charge in [-0.3, -0.25) is 9.59 Å². The van der Waals surface area contributed by atoms with Crippen molar-refractivity contribution in [2.45, 2.75) is 31.7 Å². The van der Waals surface area contributed by atoms with Crippen molar-refractivity contribution in [1.29, 1.82) is 0 Å².